The number of hydrogen-bond acceptors (Lipinski definition) is 7. The summed E-state index contributed by atoms with van der Waals surface area (Å²) in [6.45, 7) is 0. The van der Waals surface area contributed by atoms with E-state index < -0.39 is 22.1 Å². The third kappa shape index (κ3) is 1.52. The Morgan fingerprint density at radius 2 is 1.71 bits per heavy atom. The molecular weight excluding hydrogens is 242 g/mol. The van der Waals surface area contributed by atoms with Gasteiger partial charge >= 0.3 is 0 Å². The maximum Gasteiger partial charge on any atom is 0.268 e. The standard InChI is InChI=1S/C9ClN7/c10-9(4-14)8(3-13)16-6(1-11)7(2-12)17(9)5-15. The van der Waals surface area contributed by atoms with Gasteiger partial charge < -0.3 is 0 Å². The summed E-state index contributed by atoms with van der Waals surface area (Å²) < 4.78 is 0. The van der Waals surface area contributed by atoms with Crippen LogP contribution in [0.25, 0.3) is 0 Å². The Bertz CT molecular complexity index is 639. The zero-order chi connectivity index (χ0) is 13.1. The van der Waals surface area contributed by atoms with Gasteiger partial charge in [0.25, 0.3) is 5.00 Å². The first-order valence-electron chi connectivity index (χ1n) is 3.93. The minimum Gasteiger partial charge on any atom is -0.227 e. The van der Waals surface area contributed by atoms with Crippen molar-refractivity contribution in [2.45, 2.75) is 5.00 Å². The lowest BCUT2D eigenvalue weighted by molar-refractivity contribution is 0.455. The second-order valence-electron chi connectivity index (χ2n) is 2.66. The third-order valence-corrected chi connectivity index (χ3v) is 2.29. The van der Waals surface area contributed by atoms with E-state index in [0.29, 0.717) is 4.90 Å². The molecule has 8 heteroatoms. The minimum absolute atomic E-state index is 0.433. The highest BCUT2D eigenvalue weighted by atomic mass is 35.5. The van der Waals surface area contributed by atoms with Crippen LogP contribution in [-0.2, 0) is 0 Å². The first-order chi connectivity index (χ1) is 8.08. The Balaban J connectivity index is 3.68. The molecule has 78 valence electrons. The van der Waals surface area contributed by atoms with E-state index in [2.05, 4.69) is 4.99 Å². The van der Waals surface area contributed by atoms with Crippen LogP contribution in [0, 0.1) is 56.8 Å². The first kappa shape index (κ1) is 12.0. The fraction of sp³-hybridized carbons (Fsp3) is 0.111. The van der Waals surface area contributed by atoms with Crippen LogP contribution in [0.5, 0.6) is 0 Å². The Morgan fingerprint density at radius 3 is 2.06 bits per heavy atom. The molecule has 1 aliphatic heterocycles. The van der Waals surface area contributed by atoms with Crippen molar-refractivity contribution in [2.75, 3.05) is 0 Å². The second-order valence-corrected chi connectivity index (χ2v) is 3.21. The number of alkyl halides is 1. The van der Waals surface area contributed by atoms with Crippen molar-refractivity contribution in [2.24, 2.45) is 4.99 Å². The number of hydrogen-bond donors (Lipinski definition) is 0. The lowest BCUT2D eigenvalue weighted by Crippen LogP contribution is -2.48. The molecule has 0 aromatic rings. The summed E-state index contributed by atoms with van der Waals surface area (Å²) in [6.07, 6.45) is 1.49. The van der Waals surface area contributed by atoms with Gasteiger partial charge in [-0.3, -0.25) is 0 Å². The molecule has 0 fully saturated rings. The highest BCUT2D eigenvalue weighted by Crippen LogP contribution is 2.31. The van der Waals surface area contributed by atoms with Gasteiger partial charge in [-0.15, -0.1) is 0 Å². The molecule has 17 heavy (non-hydrogen) atoms. The quantitative estimate of drug-likeness (QED) is 0.343. The van der Waals surface area contributed by atoms with Gasteiger partial charge in [-0.05, 0) is 0 Å². The number of nitriles is 5. The monoisotopic (exact) mass is 241 g/mol. The van der Waals surface area contributed by atoms with Crippen LogP contribution in [0.2, 0.25) is 0 Å². The fourth-order valence-electron chi connectivity index (χ4n) is 1.11. The van der Waals surface area contributed by atoms with Gasteiger partial charge in [0, 0.05) is 0 Å². The summed E-state index contributed by atoms with van der Waals surface area (Å²) in [5, 5.41) is 44.1. The summed E-state index contributed by atoms with van der Waals surface area (Å²) in [5.41, 5.74) is -1.43. The van der Waals surface area contributed by atoms with E-state index in [0.717, 1.165) is 0 Å². The number of aliphatic imine (C=N–C) groups is 1. The molecule has 1 unspecified atom stereocenters. The van der Waals surface area contributed by atoms with E-state index in [1.807, 2.05) is 0 Å². The molecule has 1 aliphatic rings. The Hall–Kier alpha value is -3.05. The second kappa shape index (κ2) is 4.21. The van der Waals surface area contributed by atoms with Crippen molar-refractivity contribution < 1.29 is 0 Å². The smallest absolute Gasteiger partial charge is 0.227 e. The molecule has 0 aromatic carbocycles. The largest absolute Gasteiger partial charge is 0.268 e. The number of allylic oxidation sites excluding steroid dienone is 2. The number of halogens is 1. The topological polar surface area (TPSA) is 135 Å². The van der Waals surface area contributed by atoms with Gasteiger partial charge in [0.05, 0.1) is 0 Å². The van der Waals surface area contributed by atoms with Crippen LogP contribution in [-0.4, -0.2) is 15.6 Å². The van der Waals surface area contributed by atoms with Gasteiger partial charge in [-0.25, -0.2) is 9.89 Å². The van der Waals surface area contributed by atoms with Gasteiger partial charge in [0.2, 0.25) is 0 Å². The molecule has 0 spiro atoms. The van der Waals surface area contributed by atoms with Crippen molar-refractivity contribution in [1.29, 1.82) is 26.3 Å². The summed E-state index contributed by atoms with van der Waals surface area (Å²) in [4.78, 5) is 1.80. The normalized spacial score (nSPS) is 22.4. The molecule has 0 saturated heterocycles. The average molecular weight is 242 g/mol. The predicted octanol–water partition coefficient (Wildman–Crippen LogP) is 0.465. The fourth-order valence-corrected chi connectivity index (χ4v) is 1.31. The van der Waals surface area contributed by atoms with E-state index in [1.54, 1.807) is 12.1 Å². The molecule has 0 saturated carbocycles. The lowest BCUT2D eigenvalue weighted by atomic mass is 10.1. The van der Waals surface area contributed by atoms with Crippen LogP contribution < -0.4 is 0 Å². The first-order valence-corrected chi connectivity index (χ1v) is 4.30. The molecule has 1 atom stereocenters. The zero-order valence-corrected chi connectivity index (χ0v) is 8.76. The molecular formula is C9ClN7. The van der Waals surface area contributed by atoms with E-state index in [-0.39, 0.29) is 0 Å². The SMILES string of the molecule is N#CC1=NC(C#N)=C(C#N)N(C#N)C1(Cl)C#N. The van der Waals surface area contributed by atoms with Crippen molar-refractivity contribution >= 4 is 17.3 Å². The molecule has 0 aromatic heterocycles. The van der Waals surface area contributed by atoms with E-state index in [9.17, 15) is 0 Å². The molecule has 1 heterocycles. The summed E-state index contributed by atoms with van der Waals surface area (Å²) in [7, 11) is 0. The van der Waals surface area contributed by atoms with Crippen LogP contribution in [0.15, 0.2) is 16.4 Å². The summed E-state index contributed by atoms with van der Waals surface area (Å²) in [6, 6.07) is 6.14. The van der Waals surface area contributed by atoms with Gasteiger partial charge in [-0.1, -0.05) is 11.6 Å². The Kier molecular flexibility index (Phi) is 2.98. The summed E-state index contributed by atoms with van der Waals surface area (Å²) in [5.74, 6) is 0. The van der Waals surface area contributed by atoms with Crippen molar-refractivity contribution in [3.8, 4) is 30.5 Å². The maximum absolute atomic E-state index is 8.90. The van der Waals surface area contributed by atoms with Gasteiger partial charge in [0.1, 0.15) is 24.3 Å². The average Bonchev–Trinajstić information content (AvgIpc) is 2.37. The minimum atomic E-state index is -2.19. The molecule has 0 amide bonds. The van der Waals surface area contributed by atoms with E-state index >= 15 is 0 Å². The van der Waals surface area contributed by atoms with E-state index in [4.69, 9.17) is 37.9 Å². The highest BCUT2D eigenvalue weighted by molar-refractivity contribution is 6.41. The lowest BCUT2D eigenvalue weighted by Gasteiger charge is -2.29. The maximum atomic E-state index is 8.90. The third-order valence-electron chi connectivity index (χ3n) is 1.86. The van der Waals surface area contributed by atoms with E-state index in [1.165, 1.54) is 18.3 Å². The molecule has 0 N–H and O–H groups in total. The number of rotatable bonds is 0. The van der Waals surface area contributed by atoms with Crippen molar-refractivity contribution in [3.63, 3.8) is 0 Å². The van der Waals surface area contributed by atoms with Crippen LogP contribution in [0.4, 0.5) is 0 Å². The predicted molar refractivity (Wildman–Crippen MR) is 52.9 cm³/mol. The molecule has 0 aliphatic carbocycles. The molecule has 0 radical (unpaired) electrons. The van der Waals surface area contributed by atoms with Gasteiger partial charge in [0.15, 0.2) is 23.3 Å². The van der Waals surface area contributed by atoms with Crippen LogP contribution in [0.1, 0.15) is 0 Å². The molecule has 0 bridgehead atoms. The Morgan fingerprint density at radius 1 is 1.06 bits per heavy atom. The van der Waals surface area contributed by atoms with Crippen LogP contribution in [0.3, 0.4) is 0 Å². The highest BCUT2D eigenvalue weighted by Gasteiger charge is 2.47. The Labute approximate surface area is 101 Å². The van der Waals surface area contributed by atoms with Gasteiger partial charge in [-0.2, -0.15) is 26.3 Å². The zero-order valence-electron chi connectivity index (χ0n) is 8.01. The van der Waals surface area contributed by atoms with Crippen molar-refractivity contribution in [3.05, 3.63) is 11.4 Å². The van der Waals surface area contributed by atoms with Crippen LogP contribution >= 0.6 is 11.6 Å². The number of nitrogens with zero attached hydrogens (tertiary/aromatic N) is 7. The summed E-state index contributed by atoms with van der Waals surface area (Å²) >= 11 is 5.78. The molecule has 1 rings (SSSR count). The molecule has 7 nitrogen and oxygen atoms in total. The van der Waals surface area contributed by atoms with Crippen molar-refractivity contribution in [1.82, 2.24) is 4.90 Å².